The normalized spacial score (nSPS) is 17.3. The van der Waals surface area contributed by atoms with Gasteiger partial charge in [-0.2, -0.15) is 0 Å². The molecule has 1 N–H and O–H groups in total. The fourth-order valence-electron chi connectivity index (χ4n) is 3.58. The Balaban J connectivity index is 1.52. The summed E-state index contributed by atoms with van der Waals surface area (Å²) in [5.74, 6) is 1.72. The minimum absolute atomic E-state index is 0.0833. The van der Waals surface area contributed by atoms with Crippen molar-refractivity contribution < 1.29 is 8.94 Å². The van der Waals surface area contributed by atoms with Gasteiger partial charge in [-0.25, -0.2) is 4.98 Å². The molecule has 3 aromatic heterocycles. The molecule has 6 heteroatoms. The van der Waals surface area contributed by atoms with Gasteiger partial charge in [-0.15, -0.1) is 0 Å². The van der Waals surface area contributed by atoms with Crippen LogP contribution in [0.2, 0.25) is 0 Å². The van der Waals surface area contributed by atoms with Crippen LogP contribution in [0.1, 0.15) is 29.0 Å². The van der Waals surface area contributed by atoms with E-state index < -0.39 is 0 Å². The zero-order valence-electron chi connectivity index (χ0n) is 14.1. The molecule has 4 heterocycles. The Morgan fingerprint density at radius 3 is 2.92 bits per heavy atom. The summed E-state index contributed by atoms with van der Waals surface area (Å²) in [4.78, 5) is 10.1. The molecule has 0 aliphatic carbocycles. The van der Waals surface area contributed by atoms with Crippen molar-refractivity contribution >= 4 is 0 Å². The Labute approximate surface area is 150 Å². The Morgan fingerprint density at radius 2 is 2.08 bits per heavy atom. The quantitative estimate of drug-likeness (QED) is 0.608. The first-order valence-corrected chi connectivity index (χ1v) is 8.69. The molecule has 26 heavy (non-hydrogen) atoms. The second-order valence-corrected chi connectivity index (χ2v) is 6.45. The fourth-order valence-corrected chi connectivity index (χ4v) is 3.58. The number of H-pyrrole nitrogens is 1. The van der Waals surface area contributed by atoms with Gasteiger partial charge in [0.25, 0.3) is 0 Å². The zero-order valence-corrected chi connectivity index (χ0v) is 14.1. The van der Waals surface area contributed by atoms with E-state index in [0.717, 1.165) is 47.1 Å². The van der Waals surface area contributed by atoms with Gasteiger partial charge in [-0.05, 0) is 12.1 Å². The maximum Gasteiger partial charge on any atom is 0.160 e. The number of rotatable bonds is 4. The predicted molar refractivity (Wildman–Crippen MR) is 95.2 cm³/mol. The van der Waals surface area contributed by atoms with E-state index in [9.17, 15) is 0 Å². The summed E-state index contributed by atoms with van der Waals surface area (Å²) in [6, 6.07) is 15.9. The van der Waals surface area contributed by atoms with Crippen molar-refractivity contribution in [2.45, 2.75) is 19.0 Å². The first-order chi connectivity index (χ1) is 12.9. The second kappa shape index (κ2) is 6.31. The summed E-state index contributed by atoms with van der Waals surface area (Å²) in [5.41, 5.74) is 4.03. The molecule has 1 aromatic carbocycles. The molecular formula is C20H18N4O2. The average Bonchev–Trinajstić information content (AvgIpc) is 3.44. The Hall–Kier alpha value is -3.12. The number of aromatic nitrogens is 3. The summed E-state index contributed by atoms with van der Waals surface area (Å²) in [6.45, 7) is 1.59. The molecule has 0 saturated carbocycles. The molecule has 0 amide bonds. The molecule has 4 aromatic rings. The highest BCUT2D eigenvalue weighted by atomic mass is 16.5. The Bertz CT molecular complexity index is 988. The lowest BCUT2D eigenvalue weighted by atomic mass is 9.99. The summed E-state index contributed by atoms with van der Waals surface area (Å²) < 4.78 is 11.3. The van der Waals surface area contributed by atoms with E-state index in [-0.39, 0.29) is 6.04 Å². The largest absolute Gasteiger partial charge is 0.468 e. The Kier molecular flexibility index (Phi) is 3.68. The summed E-state index contributed by atoms with van der Waals surface area (Å²) in [7, 11) is 0. The van der Waals surface area contributed by atoms with Crippen molar-refractivity contribution in [1.29, 1.82) is 0 Å². The molecule has 130 valence electrons. The van der Waals surface area contributed by atoms with Gasteiger partial charge in [0.1, 0.15) is 17.5 Å². The van der Waals surface area contributed by atoms with Gasteiger partial charge in [0.2, 0.25) is 0 Å². The van der Waals surface area contributed by atoms with E-state index in [2.05, 4.69) is 20.0 Å². The smallest absolute Gasteiger partial charge is 0.160 e. The molecule has 0 radical (unpaired) electrons. The average molecular weight is 346 g/mol. The van der Waals surface area contributed by atoms with E-state index >= 15 is 0 Å². The van der Waals surface area contributed by atoms with Crippen LogP contribution in [0, 0.1) is 0 Å². The van der Waals surface area contributed by atoms with Crippen LogP contribution < -0.4 is 0 Å². The maximum absolute atomic E-state index is 5.76. The van der Waals surface area contributed by atoms with E-state index in [1.54, 1.807) is 12.6 Å². The molecule has 5 rings (SSSR count). The van der Waals surface area contributed by atoms with Crippen LogP contribution in [0.25, 0.3) is 11.3 Å². The minimum Gasteiger partial charge on any atom is -0.468 e. The number of imidazole rings is 1. The lowest BCUT2D eigenvalue weighted by molar-refractivity contribution is 0.159. The lowest BCUT2D eigenvalue weighted by Crippen LogP contribution is -2.35. The number of fused-ring (bicyclic) bond motifs is 1. The monoisotopic (exact) mass is 346 g/mol. The third kappa shape index (κ3) is 2.64. The molecule has 1 aliphatic heterocycles. The van der Waals surface area contributed by atoms with E-state index in [0.29, 0.717) is 6.54 Å². The number of furan rings is 1. The van der Waals surface area contributed by atoms with Crippen molar-refractivity contribution in [2.75, 3.05) is 6.54 Å². The number of benzene rings is 1. The molecule has 0 bridgehead atoms. The van der Waals surface area contributed by atoms with Gasteiger partial charge >= 0.3 is 0 Å². The van der Waals surface area contributed by atoms with Crippen molar-refractivity contribution in [3.05, 3.63) is 84.0 Å². The molecule has 1 atom stereocenters. The standard InChI is InChI=1S/C20H18N4O2/c1-2-5-14(6-3-1)17-11-18(26-23-17)20-19-16(21-13-22-19)8-9-24(20)12-15-7-4-10-25-15/h1-7,10-11,13,20H,8-9,12H2,(H,21,22). The summed E-state index contributed by atoms with van der Waals surface area (Å²) in [5, 5.41) is 4.29. The molecule has 0 spiro atoms. The fraction of sp³-hybridized carbons (Fsp3) is 0.200. The predicted octanol–water partition coefficient (Wildman–Crippen LogP) is 3.81. The van der Waals surface area contributed by atoms with Gasteiger partial charge in [-0.3, -0.25) is 4.90 Å². The number of aromatic amines is 1. The highest BCUT2D eigenvalue weighted by Crippen LogP contribution is 2.36. The van der Waals surface area contributed by atoms with Gasteiger partial charge in [0, 0.05) is 30.3 Å². The summed E-state index contributed by atoms with van der Waals surface area (Å²) >= 11 is 0. The van der Waals surface area contributed by atoms with Crippen LogP contribution in [0.3, 0.4) is 0 Å². The third-order valence-electron chi connectivity index (χ3n) is 4.83. The molecular weight excluding hydrogens is 328 g/mol. The number of hydrogen-bond donors (Lipinski definition) is 1. The van der Waals surface area contributed by atoms with Crippen LogP contribution in [0.15, 0.2) is 70.1 Å². The molecule has 0 fully saturated rings. The van der Waals surface area contributed by atoms with Crippen molar-refractivity contribution in [1.82, 2.24) is 20.0 Å². The SMILES string of the molecule is c1ccc(-c2cc(C3c4nc[nH]c4CCN3Cc3ccco3)on2)cc1. The summed E-state index contributed by atoms with van der Waals surface area (Å²) in [6.07, 6.45) is 4.38. The lowest BCUT2D eigenvalue weighted by Gasteiger charge is -2.32. The van der Waals surface area contributed by atoms with Crippen molar-refractivity contribution in [3.63, 3.8) is 0 Å². The number of nitrogens with one attached hydrogen (secondary N) is 1. The maximum atomic E-state index is 5.76. The van der Waals surface area contributed by atoms with Gasteiger partial charge < -0.3 is 13.9 Å². The first-order valence-electron chi connectivity index (χ1n) is 8.69. The number of hydrogen-bond acceptors (Lipinski definition) is 5. The van der Waals surface area contributed by atoms with Gasteiger partial charge in [0.05, 0.1) is 24.8 Å². The third-order valence-corrected chi connectivity index (χ3v) is 4.83. The number of nitrogens with zero attached hydrogens (tertiary/aromatic N) is 3. The van der Waals surface area contributed by atoms with E-state index in [4.69, 9.17) is 8.94 Å². The molecule has 1 aliphatic rings. The Morgan fingerprint density at radius 1 is 1.15 bits per heavy atom. The highest BCUT2D eigenvalue weighted by molar-refractivity contribution is 5.58. The van der Waals surface area contributed by atoms with Gasteiger partial charge in [0.15, 0.2) is 5.76 Å². The first kappa shape index (κ1) is 15.2. The molecule has 1 unspecified atom stereocenters. The van der Waals surface area contributed by atoms with E-state index in [1.165, 1.54) is 0 Å². The van der Waals surface area contributed by atoms with Crippen molar-refractivity contribution in [2.24, 2.45) is 0 Å². The van der Waals surface area contributed by atoms with Crippen LogP contribution >= 0.6 is 0 Å². The van der Waals surface area contributed by atoms with Crippen LogP contribution in [0.5, 0.6) is 0 Å². The topological polar surface area (TPSA) is 71.1 Å². The van der Waals surface area contributed by atoms with Crippen molar-refractivity contribution in [3.8, 4) is 11.3 Å². The minimum atomic E-state index is -0.0833. The highest BCUT2D eigenvalue weighted by Gasteiger charge is 2.34. The van der Waals surface area contributed by atoms with Crippen LogP contribution in [-0.2, 0) is 13.0 Å². The van der Waals surface area contributed by atoms with Crippen LogP contribution in [-0.4, -0.2) is 26.6 Å². The van der Waals surface area contributed by atoms with Gasteiger partial charge in [-0.1, -0.05) is 35.5 Å². The molecule has 0 saturated heterocycles. The zero-order chi connectivity index (χ0) is 17.3. The van der Waals surface area contributed by atoms with E-state index in [1.807, 2.05) is 48.5 Å². The molecule has 6 nitrogen and oxygen atoms in total. The second-order valence-electron chi connectivity index (χ2n) is 6.45. The van der Waals surface area contributed by atoms with Crippen LogP contribution in [0.4, 0.5) is 0 Å².